The zero-order valence-corrected chi connectivity index (χ0v) is 13.4. The standard InChI is InChI=1S/C20H15FN4/c21-16-8-4-5-14(11-16)12-23-19-10-9-17-20(25-19)24-18(13-22-17)15-6-2-1-3-7-15/h1-11,13H,12H2,(H,23,24,25). The van der Waals surface area contributed by atoms with Crippen molar-refractivity contribution in [2.75, 3.05) is 5.32 Å². The van der Waals surface area contributed by atoms with Gasteiger partial charge < -0.3 is 5.32 Å². The number of hydrogen-bond acceptors (Lipinski definition) is 4. The van der Waals surface area contributed by atoms with E-state index in [4.69, 9.17) is 0 Å². The topological polar surface area (TPSA) is 50.7 Å². The molecule has 25 heavy (non-hydrogen) atoms. The van der Waals surface area contributed by atoms with Crippen LogP contribution in [0, 0.1) is 5.82 Å². The quantitative estimate of drug-likeness (QED) is 0.601. The van der Waals surface area contributed by atoms with Gasteiger partial charge in [-0.2, -0.15) is 0 Å². The summed E-state index contributed by atoms with van der Waals surface area (Å²) in [7, 11) is 0. The molecule has 0 radical (unpaired) electrons. The van der Waals surface area contributed by atoms with E-state index in [1.54, 1.807) is 12.3 Å². The molecule has 4 aromatic rings. The summed E-state index contributed by atoms with van der Waals surface area (Å²) in [6.07, 6.45) is 1.75. The summed E-state index contributed by atoms with van der Waals surface area (Å²) in [4.78, 5) is 13.5. The Balaban J connectivity index is 1.60. The Bertz CT molecular complexity index is 1020. The number of nitrogens with one attached hydrogen (secondary N) is 1. The van der Waals surface area contributed by atoms with Crippen LogP contribution < -0.4 is 5.32 Å². The Kier molecular flexibility index (Phi) is 4.04. The molecular weight excluding hydrogens is 315 g/mol. The molecule has 0 aliphatic rings. The third-order valence-corrected chi connectivity index (χ3v) is 3.84. The molecule has 0 fully saturated rings. The van der Waals surface area contributed by atoms with Gasteiger partial charge >= 0.3 is 0 Å². The lowest BCUT2D eigenvalue weighted by molar-refractivity contribution is 0.626. The Morgan fingerprint density at radius 2 is 1.76 bits per heavy atom. The van der Waals surface area contributed by atoms with Crippen molar-refractivity contribution in [1.82, 2.24) is 15.0 Å². The van der Waals surface area contributed by atoms with E-state index < -0.39 is 0 Å². The maximum absolute atomic E-state index is 13.2. The first-order valence-electron chi connectivity index (χ1n) is 7.95. The average Bonchev–Trinajstić information content (AvgIpc) is 2.66. The Hall–Kier alpha value is -3.34. The molecule has 0 aliphatic carbocycles. The molecule has 4 nitrogen and oxygen atoms in total. The first kappa shape index (κ1) is 15.2. The van der Waals surface area contributed by atoms with Gasteiger partial charge in [-0.3, -0.25) is 4.98 Å². The molecule has 2 aromatic heterocycles. The number of aromatic nitrogens is 3. The molecule has 0 bridgehead atoms. The van der Waals surface area contributed by atoms with E-state index in [2.05, 4.69) is 20.3 Å². The highest BCUT2D eigenvalue weighted by atomic mass is 19.1. The molecular formula is C20H15FN4. The average molecular weight is 330 g/mol. The number of nitrogens with zero attached hydrogens (tertiary/aromatic N) is 3. The van der Waals surface area contributed by atoms with Gasteiger partial charge in [-0.05, 0) is 29.8 Å². The fourth-order valence-corrected chi connectivity index (χ4v) is 2.58. The molecule has 5 heteroatoms. The van der Waals surface area contributed by atoms with Crippen LogP contribution in [0.3, 0.4) is 0 Å². The molecule has 0 saturated carbocycles. The van der Waals surface area contributed by atoms with E-state index in [1.165, 1.54) is 12.1 Å². The predicted molar refractivity (Wildman–Crippen MR) is 96.5 cm³/mol. The SMILES string of the molecule is Fc1cccc(CNc2ccc3ncc(-c4ccccc4)nc3n2)c1. The summed E-state index contributed by atoms with van der Waals surface area (Å²) in [5.74, 6) is 0.431. The van der Waals surface area contributed by atoms with Crippen LogP contribution in [0.1, 0.15) is 5.56 Å². The number of hydrogen-bond donors (Lipinski definition) is 1. The molecule has 2 aromatic carbocycles. The van der Waals surface area contributed by atoms with Crippen molar-refractivity contribution >= 4 is 17.0 Å². The minimum Gasteiger partial charge on any atom is -0.366 e. The lowest BCUT2D eigenvalue weighted by Crippen LogP contribution is -2.02. The van der Waals surface area contributed by atoms with Crippen LogP contribution in [0.5, 0.6) is 0 Å². The highest BCUT2D eigenvalue weighted by Gasteiger charge is 2.05. The summed E-state index contributed by atoms with van der Waals surface area (Å²) < 4.78 is 13.2. The van der Waals surface area contributed by atoms with Gasteiger partial charge in [0, 0.05) is 12.1 Å². The van der Waals surface area contributed by atoms with Crippen molar-refractivity contribution in [2.24, 2.45) is 0 Å². The first-order valence-corrected chi connectivity index (χ1v) is 7.95. The van der Waals surface area contributed by atoms with Crippen LogP contribution in [0.15, 0.2) is 72.9 Å². The van der Waals surface area contributed by atoms with Crippen molar-refractivity contribution in [2.45, 2.75) is 6.54 Å². The number of benzene rings is 2. The van der Waals surface area contributed by atoms with Crippen molar-refractivity contribution < 1.29 is 4.39 Å². The van der Waals surface area contributed by atoms with Crippen LogP contribution in [0.2, 0.25) is 0 Å². The summed E-state index contributed by atoms with van der Waals surface area (Å²) in [6.45, 7) is 0.488. The molecule has 122 valence electrons. The van der Waals surface area contributed by atoms with Gasteiger partial charge in [-0.1, -0.05) is 42.5 Å². The van der Waals surface area contributed by atoms with E-state index in [1.807, 2.05) is 48.5 Å². The van der Waals surface area contributed by atoms with Gasteiger partial charge in [0.1, 0.15) is 17.2 Å². The van der Waals surface area contributed by atoms with Crippen LogP contribution in [0.4, 0.5) is 10.2 Å². The zero-order chi connectivity index (χ0) is 17.1. The van der Waals surface area contributed by atoms with Crippen molar-refractivity contribution in [3.05, 3.63) is 84.3 Å². The van der Waals surface area contributed by atoms with E-state index in [0.29, 0.717) is 18.0 Å². The van der Waals surface area contributed by atoms with Crippen LogP contribution >= 0.6 is 0 Å². The first-order chi connectivity index (χ1) is 12.3. The Labute approximate surface area is 144 Å². The Morgan fingerprint density at radius 3 is 2.60 bits per heavy atom. The fraction of sp³-hybridized carbons (Fsp3) is 0.0500. The lowest BCUT2D eigenvalue weighted by atomic mass is 10.2. The van der Waals surface area contributed by atoms with Crippen molar-refractivity contribution in [1.29, 1.82) is 0 Å². The van der Waals surface area contributed by atoms with E-state index in [9.17, 15) is 4.39 Å². The number of fused-ring (bicyclic) bond motifs is 1. The molecule has 2 heterocycles. The molecule has 0 unspecified atom stereocenters. The second-order valence-electron chi connectivity index (χ2n) is 5.64. The second kappa shape index (κ2) is 6.65. The van der Waals surface area contributed by atoms with Crippen LogP contribution in [0.25, 0.3) is 22.4 Å². The number of pyridine rings is 1. The van der Waals surface area contributed by atoms with Gasteiger partial charge in [-0.25, -0.2) is 14.4 Å². The van der Waals surface area contributed by atoms with Gasteiger partial charge in [-0.15, -0.1) is 0 Å². The highest BCUT2D eigenvalue weighted by molar-refractivity contribution is 5.75. The molecule has 0 aliphatic heterocycles. The van der Waals surface area contributed by atoms with Gasteiger partial charge in [0.25, 0.3) is 0 Å². The summed E-state index contributed by atoms with van der Waals surface area (Å²) in [5.41, 5.74) is 3.94. The zero-order valence-electron chi connectivity index (χ0n) is 13.4. The minimum absolute atomic E-state index is 0.246. The smallest absolute Gasteiger partial charge is 0.180 e. The largest absolute Gasteiger partial charge is 0.366 e. The monoisotopic (exact) mass is 330 g/mol. The lowest BCUT2D eigenvalue weighted by Gasteiger charge is -2.07. The second-order valence-corrected chi connectivity index (χ2v) is 5.64. The van der Waals surface area contributed by atoms with Crippen LogP contribution in [-0.4, -0.2) is 15.0 Å². The summed E-state index contributed by atoms with van der Waals surface area (Å²) >= 11 is 0. The molecule has 0 spiro atoms. The molecule has 1 N–H and O–H groups in total. The van der Waals surface area contributed by atoms with Crippen LogP contribution in [-0.2, 0) is 6.54 Å². The molecule has 4 rings (SSSR count). The normalized spacial score (nSPS) is 10.8. The number of rotatable bonds is 4. The summed E-state index contributed by atoms with van der Waals surface area (Å²) in [5, 5.41) is 3.19. The van der Waals surface area contributed by atoms with E-state index in [-0.39, 0.29) is 5.82 Å². The summed E-state index contributed by atoms with van der Waals surface area (Å²) in [6, 6.07) is 20.1. The third-order valence-electron chi connectivity index (χ3n) is 3.84. The third kappa shape index (κ3) is 3.45. The van der Waals surface area contributed by atoms with Crippen molar-refractivity contribution in [3.8, 4) is 11.3 Å². The number of halogens is 1. The van der Waals surface area contributed by atoms with Gasteiger partial charge in [0.05, 0.1) is 11.9 Å². The predicted octanol–water partition coefficient (Wildman–Crippen LogP) is 4.44. The molecule has 0 atom stereocenters. The maximum Gasteiger partial charge on any atom is 0.180 e. The Morgan fingerprint density at radius 1 is 0.880 bits per heavy atom. The van der Waals surface area contributed by atoms with E-state index >= 15 is 0 Å². The molecule has 0 amide bonds. The van der Waals surface area contributed by atoms with E-state index in [0.717, 1.165) is 22.3 Å². The van der Waals surface area contributed by atoms with Crippen molar-refractivity contribution in [3.63, 3.8) is 0 Å². The number of anilines is 1. The molecule has 0 saturated heterocycles. The fourth-order valence-electron chi connectivity index (χ4n) is 2.58. The highest BCUT2D eigenvalue weighted by Crippen LogP contribution is 2.19. The minimum atomic E-state index is -0.246. The van der Waals surface area contributed by atoms with Gasteiger partial charge in [0.15, 0.2) is 5.65 Å². The maximum atomic E-state index is 13.2. The van der Waals surface area contributed by atoms with Gasteiger partial charge in [0.2, 0.25) is 0 Å².